The van der Waals surface area contributed by atoms with E-state index >= 15 is 0 Å². The summed E-state index contributed by atoms with van der Waals surface area (Å²) in [7, 11) is 0. The van der Waals surface area contributed by atoms with Crippen LogP contribution < -0.4 is 5.32 Å². The van der Waals surface area contributed by atoms with Crippen LogP contribution in [0.15, 0.2) is 29.0 Å². The van der Waals surface area contributed by atoms with Gasteiger partial charge in [-0.05, 0) is 40.9 Å². The summed E-state index contributed by atoms with van der Waals surface area (Å²) in [4.78, 5) is 0. The van der Waals surface area contributed by atoms with E-state index in [1.54, 1.807) is 11.3 Å². The average molecular weight is 253 g/mol. The van der Waals surface area contributed by atoms with Gasteiger partial charge >= 0.3 is 0 Å². The van der Waals surface area contributed by atoms with Gasteiger partial charge in [-0.15, -0.1) is 0 Å². The minimum absolute atomic E-state index is 0.0976. The van der Waals surface area contributed by atoms with Gasteiger partial charge in [0.25, 0.3) is 0 Å². The number of aryl methyl sites for hydroxylation is 1. The van der Waals surface area contributed by atoms with Crippen molar-refractivity contribution in [2.24, 2.45) is 0 Å². The molecule has 0 saturated heterocycles. The zero-order valence-electron chi connectivity index (χ0n) is 9.47. The Balaban J connectivity index is 1.97. The molecule has 0 fully saturated rings. The Bertz CT molecular complexity index is 488. The minimum atomic E-state index is -0.500. The van der Waals surface area contributed by atoms with E-state index in [4.69, 9.17) is 0 Å². The van der Waals surface area contributed by atoms with Crippen LogP contribution in [0.4, 0.5) is 8.78 Å². The Hall–Kier alpha value is -1.26. The number of thiophene rings is 1. The number of nitrogens with one attached hydrogen (secondary N) is 1. The van der Waals surface area contributed by atoms with E-state index in [2.05, 4.69) is 10.7 Å². The van der Waals surface area contributed by atoms with Crippen LogP contribution in [-0.4, -0.2) is 0 Å². The van der Waals surface area contributed by atoms with Gasteiger partial charge in [0.2, 0.25) is 0 Å². The molecule has 1 N–H and O–H groups in total. The molecule has 0 spiro atoms. The second-order valence-electron chi connectivity index (χ2n) is 3.88. The molecule has 0 radical (unpaired) electrons. The van der Waals surface area contributed by atoms with Crippen LogP contribution in [0.5, 0.6) is 0 Å². The van der Waals surface area contributed by atoms with Gasteiger partial charge in [-0.25, -0.2) is 8.78 Å². The van der Waals surface area contributed by atoms with E-state index < -0.39 is 11.6 Å². The highest BCUT2D eigenvalue weighted by molar-refractivity contribution is 7.08. The Morgan fingerprint density at radius 1 is 1.12 bits per heavy atom. The molecule has 0 unspecified atom stereocenters. The minimum Gasteiger partial charge on any atom is -0.308 e. The van der Waals surface area contributed by atoms with Crippen molar-refractivity contribution in [3.63, 3.8) is 0 Å². The van der Waals surface area contributed by atoms with Crippen molar-refractivity contribution >= 4 is 11.3 Å². The van der Waals surface area contributed by atoms with E-state index in [-0.39, 0.29) is 12.1 Å². The molecule has 2 rings (SSSR count). The third-order valence-electron chi connectivity index (χ3n) is 2.64. The van der Waals surface area contributed by atoms with Crippen molar-refractivity contribution in [2.45, 2.75) is 20.0 Å². The first-order chi connectivity index (χ1) is 8.18. The lowest BCUT2D eigenvalue weighted by Gasteiger charge is -2.06. The molecular formula is C13H13F2NS. The lowest BCUT2D eigenvalue weighted by molar-refractivity contribution is 0.535. The molecule has 0 atom stereocenters. The molecule has 0 aliphatic carbocycles. The summed E-state index contributed by atoms with van der Waals surface area (Å²) < 4.78 is 26.6. The van der Waals surface area contributed by atoms with Gasteiger partial charge in [0.05, 0.1) is 0 Å². The van der Waals surface area contributed by atoms with Crippen molar-refractivity contribution < 1.29 is 8.78 Å². The van der Waals surface area contributed by atoms with Gasteiger partial charge < -0.3 is 5.32 Å². The van der Waals surface area contributed by atoms with Gasteiger partial charge in [-0.2, -0.15) is 11.3 Å². The molecule has 0 amide bonds. The van der Waals surface area contributed by atoms with Crippen LogP contribution in [0, 0.1) is 18.6 Å². The van der Waals surface area contributed by atoms with Gasteiger partial charge in [-0.1, -0.05) is 6.07 Å². The molecule has 2 aromatic rings. The molecule has 0 saturated carbocycles. The first-order valence-corrected chi connectivity index (χ1v) is 6.28. The fraction of sp³-hybridized carbons (Fsp3) is 0.231. The lowest BCUT2D eigenvalue weighted by atomic mass is 10.2. The van der Waals surface area contributed by atoms with Crippen molar-refractivity contribution in [3.8, 4) is 0 Å². The first-order valence-electron chi connectivity index (χ1n) is 5.33. The average Bonchev–Trinajstić information content (AvgIpc) is 2.69. The number of benzene rings is 1. The molecule has 1 heterocycles. The van der Waals surface area contributed by atoms with Crippen LogP contribution in [0.3, 0.4) is 0 Å². The van der Waals surface area contributed by atoms with Gasteiger partial charge in [-0.3, -0.25) is 0 Å². The zero-order chi connectivity index (χ0) is 12.3. The van der Waals surface area contributed by atoms with Crippen LogP contribution in [0.2, 0.25) is 0 Å². The standard InChI is InChI=1S/C13H13F2NS/c1-9-7-17-8-10(9)5-16-6-11-12(14)3-2-4-13(11)15/h2-4,7-8,16H,5-6H2,1H3. The molecule has 0 aliphatic rings. The normalized spacial score (nSPS) is 10.8. The molecule has 17 heavy (non-hydrogen) atoms. The maximum Gasteiger partial charge on any atom is 0.130 e. The van der Waals surface area contributed by atoms with Crippen LogP contribution in [-0.2, 0) is 13.1 Å². The molecule has 90 valence electrons. The summed E-state index contributed by atoms with van der Waals surface area (Å²) >= 11 is 1.63. The quantitative estimate of drug-likeness (QED) is 0.877. The highest BCUT2D eigenvalue weighted by atomic mass is 32.1. The summed E-state index contributed by atoms with van der Waals surface area (Å²) in [5, 5.41) is 7.15. The topological polar surface area (TPSA) is 12.0 Å². The molecule has 1 aromatic heterocycles. The maximum absolute atomic E-state index is 13.3. The largest absolute Gasteiger partial charge is 0.308 e. The second-order valence-corrected chi connectivity index (χ2v) is 4.63. The highest BCUT2D eigenvalue weighted by Crippen LogP contribution is 2.15. The van der Waals surface area contributed by atoms with Crippen LogP contribution >= 0.6 is 11.3 Å². The summed E-state index contributed by atoms with van der Waals surface area (Å²) in [6.45, 7) is 2.86. The molecule has 1 nitrogen and oxygen atoms in total. The third-order valence-corrected chi connectivity index (χ3v) is 3.55. The highest BCUT2D eigenvalue weighted by Gasteiger charge is 2.07. The van der Waals surface area contributed by atoms with Crippen LogP contribution in [0.1, 0.15) is 16.7 Å². The van der Waals surface area contributed by atoms with Crippen LogP contribution in [0.25, 0.3) is 0 Å². The van der Waals surface area contributed by atoms with E-state index in [1.807, 2.05) is 12.3 Å². The fourth-order valence-corrected chi connectivity index (χ4v) is 2.45. The smallest absolute Gasteiger partial charge is 0.130 e. The molecule has 0 aliphatic heterocycles. The zero-order valence-corrected chi connectivity index (χ0v) is 10.3. The van der Waals surface area contributed by atoms with Crippen molar-refractivity contribution in [1.29, 1.82) is 0 Å². The second kappa shape index (κ2) is 5.38. The van der Waals surface area contributed by atoms with Gasteiger partial charge in [0, 0.05) is 18.7 Å². The summed E-state index contributed by atoms with van der Waals surface area (Å²) in [6.07, 6.45) is 0. The predicted molar refractivity (Wildman–Crippen MR) is 66.0 cm³/mol. The lowest BCUT2D eigenvalue weighted by Crippen LogP contribution is -2.15. The Morgan fingerprint density at radius 3 is 2.41 bits per heavy atom. The van der Waals surface area contributed by atoms with Gasteiger partial charge in [0.1, 0.15) is 11.6 Å². The third kappa shape index (κ3) is 2.90. The summed E-state index contributed by atoms with van der Waals surface area (Å²) in [5.74, 6) is -1.00. The number of rotatable bonds is 4. The number of halogens is 2. The SMILES string of the molecule is Cc1cscc1CNCc1c(F)cccc1F. The van der Waals surface area contributed by atoms with E-state index in [0.717, 1.165) is 0 Å². The van der Waals surface area contributed by atoms with E-state index in [0.29, 0.717) is 6.54 Å². The van der Waals surface area contributed by atoms with Crippen molar-refractivity contribution in [1.82, 2.24) is 5.32 Å². The first kappa shape index (κ1) is 12.2. The van der Waals surface area contributed by atoms with Crippen molar-refractivity contribution in [2.75, 3.05) is 0 Å². The Labute approximate surface area is 103 Å². The molecule has 1 aromatic carbocycles. The fourth-order valence-electron chi connectivity index (χ4n) is 1.59. The van der Waals surface area contributed by atoms with Gasteiger partial charge in [0.15, 0.2) is 0 Å². The Morgan fingerprint density at radius 2 is 1.82 bits per heavy atom. The molecule has 4 heteroatoms. The maximum atomic E-state index is 13.3. The molecular weight excluding hydrogens is 240 g/mol. The number of hydrogen-bond donors (Lipinski definition) is 1. The van der Waals surface area contributed by atoms with E-state index in [9.17, 15) is 8.78 Å². The predicted octanol–water partition coefficient (Wildman–Crippen LogP) is 3.62. The monoisotopic (exact) mass is 253 g/mol. The summed E-state index contributed by atoms with van der Waals surface area (Å²) in [6, 6.07) is 3.92. The number of hydrogen-bond acceptors (Lipinski definition) is 2. The molecule has 0 bridgehead atoms. The Kier molecular flexibility index (Phi) is 3.86. The summed E-state index contributed by atoms with van der Waals surface area (Å²) in [5.41, 5.74) is 2.48. The van der Waals surface area contributed by atoms with E-state index in [1.165, 1.54) is 29.3 Å². The van der Waals surface area contributed by atoms with Crippen molar-refractivity contribution in [3.05, 3.63) is 57.3 Å².